The van der Waals surface area contributed by atoms with Crippen molar-refractivity contribution in [1.82, 2.24) is 19.5 Å². The van der Waals surface area contributed by atoms with E-state index in [-0.39, 0.29) is 10.9 Å². The molecule has 1 unspecified atom stereocenters. The molecule has 1 saturated heterocycles. The van der Waals surface area contributed by atoms with E-state index in [1.165, 1.54) is 17.1 Å². The Morgan fingerprint density at radius 3 is 2.61 bits per heavy atom. The Bertz CT molecular complexity index is 978. The van der Waals surface area contributed by atoms with Gasteiger partial charge in [0.2, 0.25) is 5.28 Å². The van der Waals surface area contributed by atoms with Crippen LogP contribution in [-0.4, -0.2) is 62.3 Å². The van der Waals surface area contributed by atoms with Gasteiger partial charge in [-0.2, -0.15) is 4.98 Å². The van der Waals surface area contributed by atoms with Crippen molar-refractivity contribution in [3.63, 3.8) is 0 Å². The molecule has 0 spiro atoms. The van der Waals surface area contributed by atoms with E-state index in [2.05, 4.69) is 15.0 Å². The summed E-state index contributed by atoms with van der Waals surface area (Å²) >= 11 is 5.86. The van der Waals surface area contributed by atoms with Gasteiger partial charge < -0.3 is 18.9 Å². The number of nitrogens with zero attached hydrogens (tertiary/aromatic N) is 4. The van der Waals surface area contributed by atoms with Crippen molar-refractivity contribution in [2.75, 3.05) is 6.61 Å². The van der Waals surface area contributed by atoms with Gasteiger partial charge in [0.15, 0.2) is 24.1 Å². The highest BCUT2D eigenvalue weighted by Crippen LogP contribution is 2.35. The quantitative estimate of drug-likeness (QED) is 0.392. The van der Waals surface area contributed by atoms with Crippen LogP contribution in [-0.2, 0) is 33.3 Å². The maximum absolute atomic E-state index is 11.9. The number of hydrogen-bond acceptors (Lipinski definition) is 10. The molecule has 0 aromatic carbocycles. The van der Waals surface area contributed by atoms with Gasteiger partial charge in [0.25, 0.3) is 0 Å². The molecule has 0 radical (unpaired) electrons. The van der Waals surface area contributed by atoms with Crippen molar-refractivity contribution in [1.29, 1.82) is 0 Å². The van der Waals surface area contributed by atoms with Gasteiger partial charge in [-0.05, 0) is 11.6 Å². The molecule has 11 nitrogen and oxygen atoms in total. The number of imidazole rings is 1. The van der Waals surface area contributed by atoms with Crippen LogP contribution in [0.4, 0.5) is 0 Å². The van der Waals surface area contributed by atoms with E-state index in [0.29, 0.717) is 5.52 Å². The monoisotopic (exact) mass is 415 g/mol. The van der Waals surface area contributed by atoms with Crippen molar-refractivity contribution in [2.45, 2.75) is 45.2 Å². The summed E-state index contributed by atoms with van der Waals surface area (Å²) in [5, 5.41) is -0.0786. The molecule has 3 rings (SSSR count). The van der Waals surface area contributed by atoms with Gasteiger partial charge in [-0.3, -0.25) is 19.0 Å². The molecule has 0 aliphatic carbocycles. The van der Waals surface area contributed by atoms with Crippen LogP contribution >= 0.6 is 11.6 Å². The van der Waals surface area contributed by atoms with Crippen LogP contribution < -0.4 is 0 Å². The summed E-state index contributed by atoms with van der Waals surface area (Å²) in [5.41, 5.74) is 0.577. The molecule has 2 aromatic rings. The topological polar surface area (TPSA) is 132 Å². The summed E-state index contributed by atoms with van der Waals surface area (Å²) in [4.78, 5) is 47.2. The average molecular weight is 416 g/mol. The highest BCUT2D eigenvalue weighted by molar-refractivity contribution is 6.28. The molecular weight excluding hydrogens is 396 g/mol. The molecule has 3 heterocycles. The lowest BCUT2D eigenvalue weighted by atomic mass is 10.1. The minimum atomic E-state index is -1.28. The normalized spacial score (nSPS) is 25.5. The van der Waals surface area contributed by atoms with E-state index >= 15 is 0 Å². The SMILES string of the molecule is [2H]CC(=O)OC[C@H]1OC(n2cnc3cnc(Cl)nc32)[C@H](OC(=O)C[2H])[C@@H]1OC(=O)C[2H]. The fraction of sp³-hybridized carbons (Fsp3) is 0.500. The van der Waals surface area contributed by atoms with Crippen molar-refractivity contribution in [3.8, 4) is 0 Å². The summed E-state index contributed by atoms with van der Waals surface area (Å²) < 4.78 is 44.2. The van der Waals surface area contributed by atoms with Crippen LogP contribution in [0.3, 0.4) is 0 Å². The molecule has 4 atom stereocenters. The highest BCUT2D eigenvalue weighted by Gasteiger charge is 2.51. The second-order valence-corrected chi connectivity index (χ2v) is 5.99. The van der Waals surface area contributed by atoms with Crippen LogP contribution in [0.25, 0.3) is 11.2 Å². The van der Waals surface area contributed by atoms with Gasteiger partial charge >= 0.3 is 17.9 Å². The Kier molecular flexibility index (Phi) is 4.66. The number of rotatable bonds is 5. The number of ether oxygens (including phenoxy) is 4. The molecule has 1 aliphatic heterocycles. The third-order valence-corrected chi connectivity index (χ3v) is 3.97. The maximum Gasteiger partial charge on any atom is 0.303 e. The van der Waals surface area contributed by atoms with Gasteiger partial charge in [-0.1, -0.05) is 0 Å². The Morgan fingerprint density at radius 2 is 1.89 bits per heavy atom. The van der Waals surface area contributed by atoms with Crippen LogP contribution in [0.5, 0.6) is 0 Å². The summed E-state index contributed by atoms with van der Waals surface area (Å²) in [6.45, 7) is -2.47. The standard InChI is InChI=1S/C16H17ClN4O7/c1-7(22)25-5-11-12(26-8(2)23)13(27-9(3)24)15(28-11)21-6-19-10-4-18-16(17)20-14(10)21/h4,6,11-13,15H,5H2,1-3H3/t11-,12-,13-,15?/m1/s1/i1D,2D,3D. The van der Waals surface area contributed by atoms with Crippen LogP contribution in [0, 0.1) is 0 Å². The van der Waals surface area contributed by atoms with E-state index in [1.54, 1.807) is 0 Å². The van der Waals surface area contributed by atoms with Gasteiger partial charge in [0.1, 0.15) is 18.2 Å². The fourth-order valence-corrected chi connectivity index (χ4v) is 2.93. The Balaban J connectivity index is 1.99. The molecule has 12 heteroatoms. The summed E-state index contributed by atoms with van der Waals surface area (Å²) in [7, 11) is 0. The van der Waals surface area contributed by atoms with Gasteiger partial charge in [0.05, 0.1) is 12.5 Å². The Hall–Kier alpha value is -2.79. The van der Waals surface area contributed by atoms with E-state index < -0.39 is 69.8 Å². The Labute approximate surface area is 168 Å². The van der Waals surface area contributed by atoms with Gasteiger partial charge in [0, 0.05) is 24.8 Å². The zero-order valence-electron chi connectivity index (χ0n) is 17.3. The lowest BCUT2D eigenvalue weighted by Crippen LogP contribution is -2.40. The van der Waals surface area contributed by atoms with Gasteiger partial charge in [-0.15, -0.1) is 0 Å². The molecular formula is C16H17ClN4O7. The highest BCUT2D eigenvalue weighted by atomic mass is 35.5. The number of carbonyl (C=O) groups is 3. The molecule has 1 fully saturated rings. The third kappa shape index (κ3) is 4.20. The first-order valence-corrected chi connectivity index (χ1v) is 8.18. The second kappa shape index (κ2) is 8.07. The minimum Gasteiger partial charge on any atom is -0.463 e. The molecule has 0 amide bonds. The number of carbonyl (C=O) groups excluding carboxylic acids is 3. The molecule has 150 valence electrons. The summed E-state index contributed by atoms with van der Waals surface area (Å²) in [6, 6.07) is 0. The zero-order valence-corrected chi connectivity index (χ0v) is 15.1. The maximum atomic E-state index is 11.9. The lowest BCUT2D eigenvalue weighted by molar-refractivity contribution is -0.166. The first-order valence-electron chi connectivity index (χ1n) is 9.92. The minimum absolute atomic E-state index is 0.0786. The fourth-order valence-electron chi connectivity index (χ4n) is 2.80. The number of fused-ring (bicyclic) bond motifs is 1. The van der Waals surface area contributed by atoms with Crippen molar-refractivity contribution in [3.05, 3.63) is 17.8 Å². The Morgan fingerprint density at radius 1 is 1.18 bits per heavy atom. The van der Waals surface area contributed by atoms with E-state index in [1.807, 2.05) is 0 Å². The van der Waals surface area contributed by atoms with Crippen LogP contribution in [0.1, 0.15) is 31.0 Å². The van der Waals surface area contributed by atoms with Gasteiger partial charge in [-0.25, -0.2) is 9.97 Å². The number of aromatic nitrogens is 4. The molecule has 2 aromatic heterocycles. The zero-order chi connectivity index (χ0) is 22.5. The van der Waals surface area contributed by atoms with Crippen LogP contribution in [0.15, 0.2) is 12.5 Å². The summed E-state index contributed by atoms with van der Waals surface area (Å²) in [5.74, 6) is -2.70. The first-order chi connectivity index (χ1) is 14.9. The predicted molar refractivity (Wildman–Crippen MR) is 92.0 cm³/mol. The van der Waals surface area contributed by atoms with Crippen molar-refractivity contribution >= 4 is 40.7 Å². The third-order valence-electron chi connectivity index (χ3n) is 3.79. The van der Waals surface area contributed by atoms with E-state index in [9.17, 15) is 14.4 Å². The molecule has 0 saturated carbocycles. The smallest absolute Gasteiger partial charge is 0.303 e. The molecule has 0 bridgehead atoms. The van der Waals surface area contributed by atoms with Crippen LogP contribution in [0.2, 0.25) is 5.28 Å². The largest absolute Gasteiger partial charge is 0.463 e. The molecule has 28 heavy (non-hydrogen) atoms. The second-order valence-electron chi connectivity index (χ2n) is 5.66. The molecule has 1 aliphatic rings. The first kappa shape index (κ1) is 16.2. The average Bonchev–Trinajstić information content (AvgIpc) is 3.32. The summed E-state index contributed by atoms with van der Waals surface area (Å²) in [6.07, 6.45) is -2.11. The van der Waals surface area contributed by atoms with E-state index in [0.717, 1.165) is 0 Å². The van der Waals surface area contributed by atoms with Crippen molar-refractivity contribution in [2.24, 2.45) is 0 Å². The number of halogens is 1. The number of esters is 3. The lowest BCUT2D eigenvalue weighted by Gasteiger charge is -2.23. The van der Waals surface area contributed by atoms with Crippen molar-refractivity contribution < 1.29 is 37.4 Å². The number of hydrogen-bond donors (Lipinski definition) is 0. The van der Waals surface area contributed by atoms with E-state index in [4.69, 9.17) is 34.7 Å². The predicted octanol–water partition coefficient (Wildman–Crippen LogP) is 0.804. The molecule has 0 N–H and O–H groups in total.